The Balaban J connectivity index is 1.35. The van der Waals surface area contributed by atoms with Crippen LogP contribution >= 0.6 is 0 Å². The lowest BCUT2D eigenvalue weighted by atomic mass is 9.83. The molecule has 19 heavy (non-hydrogen) atoms. The normalized spacial score (nSPS) is 38.1. The Morgan fingerprint density at radius 3 is 2.58 bits per heavy atom. The Bertz CT molecular complexity index is 288. The second-order valence-electron chi connectivity index (χ2n) is 7.01. The van der Waals surface area contributed by atoms with Crippen LogP contribution in [0.25, 0.3) is 0 Å². The van der Waals surface area contributed by atoms with E-state index in [-0.39, 0.29) is 11.7 Å². The third kappa shape index (κ3) is 3.50. The van der Waals surface area contributed by atoms with Gasteiger partial charge in [-0.3, -0.25) is 0 Å². The third-order valence-corrected chi connectivity index (χ3v) is 5.42. The standard InChI is InChI=1S/C16H29NO2/c18-14-5-4-13(10-14)11-17-12-15-6-9-16(19-15)7-2-1-3-8-16/h13-15,17-18H,1-12H2. The molecule has 3 fully saturated rings. The van der Waals surface area contributed by atoms with Gasteiger partial charge in [0.2, 0.25) is 0 Å². The van der Waals surface area contributed by atoms with Crippen LogP contribution in [-0.2, 0) is 4.74 Å². The molecule has 3 aliphatic rings. The molecule has 3 unspecified atom stereocenters. The molecule has 1 heterocycles. The van der Waals surface area contributed by atoms with Crippen LogP contribution in [0.3, 0.4) is 0 Å². The Hall–Kier alpha value is -0.120. The van der Waals surface area contributed by atoms with Crippen molar-refractivity contribution in [2.45, 2.75) is 82.0 Å². The first kappa shape index (κ1) is 13.8. The molecular weight excluding hydrogens is 238 g/mol. The molecule has 0 aromatic carbocycles. The summed E-state index contributed by atoms with van der Waals surface area (Å²) in [5.74, 6) is 0.681. The molecule has 3 atom stereocenters. The molecular formula is C16H29NO2. The van der Waals surface area contributed by atoms with Gasteiger partial charge in [-0.1, -0.05) is 19.3 Å². The second kappa shape index (κ2) is 6.11. The van der Waals surface area contributed by atoms with Gasteiger partial charge < -0.3 is 15.2 Å². The molecule has 0 aromatic rings. The lowest BCUT2D eigenvalue weighted by Gasteiger charge is -2.33. The minimum atomic E-state index is -0.0416. The number of hydrogen-bond donors (Lipinski definition) is 2. The third-order valence-electron chi connectivity index (χ3n) is 5.42. The van der Waals surface area contributed by atoms with Crippen molar-refractivity contribution in [1.29, 1.82) is 0 Å². The van der Waals surface area contributed by atoms with E-state index in [1.165, 1.54) is 51.4 Å². The highest BCUT2D eigenvalue weighted by Gasteiger charge is 2.40. The van der Waals surface area contributed by atoms with E-state index in [0.717, 1.165) is 25.9 Å². The minimum absolute atomic E-state index is 0.0416. The van der Waals surface area contributed by atoms with E-state index in [2.05, 4.69) is 5.32 Å². The fourth-order valence-corrected chi connectivity index (χ4v) is 4.29. The molecule has 0 amide bonds. The first-order chi connectivity index (χ1) is 9.26. The van der Waals surface area contributed by atoms with Crippen molar-refractivity contribution in [3.05, 3.63) is 0 Å². The van der Waals surface area contributed by atoms with Crippen molar-refractivity contribution in [3.63, 3.8) is 0 Å². The summed E-state index contributed by atoms with van der Waals surface area (Å²) in [6.45, 7) is 2.07. The van der Waals surface area contributed by atoms with Crippen molar-refractivity contribution in [2.75, 3.05) is 13.1 Å². The van der Waals surface area contributed by atoms with Crippen LogP contribution in [-0.4, -0.2) is 36.0 Å². The van der Waals surface area contributed by atoms with Gasteiger partial charge in [-0.05, 0) is 57.4 Å². The zero-order valence-electron chi connectivity index (χ0n) is 12.1. The summed E-state index contributed by atoms with van der Waals surface area (Å²) in [7, 11) is 0. The molecule has 2 aliphatic carbocycles. The molecule has 110 valence electrons. The monoisotopic (exact) mass is 267 g/mol. The highest BCUT2D eigenvalue weighted by atomic mass is 16.5. The van der Waals surface area contributed by atoms with Crippen molar-refractivity contribution in [3.8, 4) is 0 Å². The first-order valence-electron chi connectivity index (χ1n) is 8.32. The molecule has 3 heteroatoms. The van der Waals surface area contributed by atoms with E-state index in [9.17, 15) is 5.11 Å². The van der Waals surface area contributed by atoms with E-state index in [4.69, 9.17) is 4.74 Å². The van der Waals surface area contributed by atoms with Gasteiger partial charge >= 0.3 is 0 Å². The van der Waals surface area contributed by atoms with E-state index in [1.54, 1.807) is 0 Å². The molecule has 2 N–H and O–H groups in total. The zero-order chi connectivity index (χ0) is 13.1. The van der Waals surface area contributed by atoms with E-state index < -0.39 is 0 Å². The summed E-state index contributed by atoms with van der Waals surface area (Å²) in [5, 5.41) is 13.1. The highest BCUT2D eigenvalue weighted by molar-refractivity contribution is 4.91. The van der Waals surface area contributed by atoms with Crippen LogP contribution in [0.1, 0.15) is 64.2 Å². The largest absolute Gasteiger partial charge is 0.393 e. The lowest BCUT2D eigenvalue weighted by Crippen LogP contribution is -2.35. The van der Waals surface area contributed by atoms with Gasteiger partial charge in [0.1, 0.15) is 0 Å². The Kier molecular flexibility index (Phi) is 4.45. The van der Waals surface area contributed by atoms with Crippen molar-refractivity contribution in [2.24, 2.45) is 5.92 Å². The maximum atomic E-state index is 9.52. The van der Waals surface area contributed by atoms with Crippen LogP contribution < -0.4 is 5.32 Å². The zero-order valence-corrected chi connectivity index (χ0v) is 12.1. The molecule has 1 saturated heterocycles. The predicted molar refractivity (Wildman–Crippen MR) is 76.1 cm³/mol. The molecule has 3 rings (SSSR count). The lowest BCUT2D eigenvalue weighted by molar-refractivity contribution is -0.0624. The van der Waals surface area contributed by atoms with Crippen LogP contribution in [0, 0.1) is 5.92 Å². The molecule has 3 nitrogen and oxygen atoms in total. The van der Waals surface area contributed by atoms with Gasteiger partial charge in [-0.15, -0.1) is 0 Å². The highest BCUT2D eigenvalue weighted by Crippen LogP contribution is 2.41. The van der Waals surface area contributed by atoms with Gasteiger partial charge in [-0.2, -0.15) is 0 Å². The molecule has 0 radical (unpaired) electrons. The van der Waals surface area contributed by atoms with E-state index >= 15 is 0 Å². The molecule has 0 aromatic heterocycles. The van der Waals surface area contributed by atoms with Crippen LogP contribution in [0.5, 0.6) is 0 Å². The number of aliphatic hydroxyl groups is 1. The summed E-state index contributed by atoms with van der Waals surface area (Å²) < 4.78 is 6.36. The number of hydrogen-bond acceptors (Lipinski definition) is 3. The molecule has 1 aliphatic heterocycles. The van der Waals surface area contributed by atoms with E-state index in [0.29, 0.717) is 12.0 Å². The second-order valence-corrected chi connectivity index (χ2v) is 7.01. The summed E-state index contributed by atoms with van der Waals surface area (Å²) in [6, 6.07) is 0. The SMILES string of the molecule is OC1CCC(CNCC2CCC3(CCCCC3)O2)C1. The minimum Gasteiger partial charge on any atom is -0.393 e. The summed E-state index contributed by atoms with van der Waals surface area (Å²) in [5.41, 5.74) is 0.258. The maximum absolute atomic E-state index is 9.52. The van der Waals surface area contributed by atoms with Gasteiger partial charge in [0.05, 0.1) is 17.8 Å². The maximum Gasteiger partial charge on any atom is 0.0708 e. The average molecular weight is 267 g/mol. The smallest absolute Gasteiger partial charge is 0.0708 e. The van der Waals surface area contributed by atoms with Crippen molar-refractivity contribution >= 4 is 0 Å². The fraction of sp³-hybridized carbons (Fsp3) is 1.00. The van der Waals surface area contributed by atoms with Gasteiger partial charge in [0.15, 0.2) is 0 Å². The number of rotatable bonds is 4. The number of ether oxygens (including phenoxy) is 1. The average Bonchev–Trinajstić information content (AvgIpc) is 2.99. The summed E-state index contributed by atoms with van der Waals surface area (Å²) in [6.07, 6.45) is 12.8. The van der Waals surface area contributed by atoms with Crippen molar-refractivity contribution < 1.29 is 9.84 Å². The summed E-state index contributed by atoms with van der Waals surface area (Å²) >= 11 is 0. The first-order valence-corrected chi connectivity index (χ1v) is 8.32. The fourth-order valence-electron chi connectivity index (χ4n) is 4.29. The molecule has 2 saturated carbocycles. The quantitative estimate of drug-likeness (QED) is 0.823. The van der Waals surface area contributed by atoms with E-state index in [1.807, 2.05) is 0 Å². The van der Waals surface area contributed by atoms with Gasteiger partial charge in [-0.25, -0.2) is 0 Å². The molecule has 0 bridgehead atoms. The van der Waals surface area contributed by atoms with Gasteiger partial charge in [0.25, 0.3) is 0 Å². The molecule has 1 spiro atoms. The Morgan fingerprint density at radius 2 is 1.84 bits per heavy atom. The van der Waals surface area contributed by atoms with Crippen molar-refractivity contribution in [1.82, 2.24) is 5.32 Å². The Labute approximate surface area is 117 Å². The van der Waals surface area contributed by atoms with Crippen LogP contribution in [0.4, 0.5) is 0 Å². The number of nitrogens with one attached hydrogen (secondary N) is 1. The summed E-state index contributed by atoms with van der Waals surface area (Å²) in [4.78, 5) is 0. The van der Waals surface area contributed by atoms with Gasteiger partial charge in [0, 0.05) is 6.54 Å². The number of aliphatic hydroxyl groups excluding tert-OH is 1. The van der Waals surface area contributed by atoms with Crippen LogP contribution in [0.15, 0.2) is 0 Å². The van der Waals surface area contributed by atoms with Crippen LogP contribution in [0.2, 0.25) is 0 Å². The Morgan fingerprint density at radius 1 is 1.00 bits per heavy atom. The topological polar surface area (TPSA) is 41.5 Å². The predicted octanol–water partition coefficient (Wildman–Crippen LogP) is 2.62.